The molecule has 2 heterocycles. The first-order valence-corrected chi connectivity index (χ1v) is 8.98. The minimum absolute atomic E-state index is 0.0498. The maximum Gasteiger partial charge on any atom is 0.234 e. The second-order valence-electron chi connectivity index (χ2n) is 7.57. The summed E-state index contributed by atoms with van der Waals surface area (Å²) in [6.45, 7) is 4.07. The smallest absolute Gasteiger partial charge is 0.234 e. The van der Waals surface area contributed by atoms with Crippen LogP contribution >= 0.6 is 0 Å². The molecule has 6 nitrogen and oxygen atoms in total. The van der Waals surface area contributed by atoms with Crippen LogP contribution in [0, 0.1) is 5.92 Å². The quantitative estimate of drug-likeness (QED) is 0.880. The van der Waals surface area contributed by atoms with E-state index < -0.39 is 11.3 Å². The Morgan fingerprint density at radius 1 is 1.15 bits per heavy atom. The maximum atomic E-state index is 12.7. The van der Waals surface area contributed by atoms with Crippen LogP contribution in [0.1, 0.15) is 25.8 Å². The maximum absolute atomic E-state index is 12.7. The molecule has 0 radical (unpaired) electrons. The summed E-state index contributed by atoms with van der Waals surface area (Å²) in [5.41, 5.74) is 2.44. The molecule has 0 spiro atoms. The van der Waals surface area contributed by atoms with E-state index in [2.05, 4.69) is 10.6 Å². The Hall–Kier alpha value is -3.15. The fraction of sp³-hybridized carbons (Fsp3) is 0.286. The van der Waals surface area contributed by atoms with Gasteiger partial charge in [-0.05, 0) is 49.7 Å². The number of carbonyl (C=O) groups excluding carboxylic acids is 3. The Labute approximate surface area is 157 Å². The number of fused-ring (bicyclic) bond motifs is 1. The minimum Gasteiger partial charge on any atom is -0.326 e. The second kappa shape index (κ2) is 6.23. The molecule has 2 N–H and O–H groups in total. The van der Waals surface area contributed by atoms with Gasteiger partial charge < -0.3 is 15.5 Å². The largest absolute Gasteiger partial charge is 0.326 e. The zero-order valence-electron chi connectivity index (χ0n) is 15.3. The predicted octanol–water partition coefficient (Wildman–Crippen LogP) is 2.91. The van der Waals surface area contributed by atoms with E-state index in [1.54, 1.807) is 17.0 Å². The van der Waals surface area contributed by atoms with Gasteiger partial charge in [0.1, 0.15) is 0 Å². The van der Waals surface area contributed by atoms with Crippen LogP contribution in [0.3, 0.4) is 0 Å². The zero-order valence-corrected chi connectivity index (χ0v) is 15.3. The Balaban J connectivity index is 1.49. The minimum atomic E-state index is -0.635. The van der Waals surface area contributed by atoms with Gasteiger partial charge in [-0.15, -0.1) is 0 Å². The van der Waals surface area contributed by atoms with Crippen LogP contribution in [0.4, 0.5) is 17.1 Å². The highest BCUT2D eigenvalue weighted by Gasteiger charge is 2.39. The van der Waals surface area contributed by atoms with E-state index in [4.69, 9.17) is 0 Å². The van der Waals surface area contributed by atoms with Gasteiger partial charge in [0.05, 0.1) is 11.3 Å². The van der Waals surface area contributed by atoms with Gasteiger partial charge in [-0.25, -0.2) is 0 Å². The van der Waals surface area contributed by atoms with Crippen molar-refractivity contribution < 1.29 is 14.4 Å². The molecule has 27 heavy (non-hydrogen) atoms. The summed E-state index contributed by atoms with van der Waals surface area (Å²) in [6, 6.07) is 14.8. The first-order chi connectivity index (χ1) is 12.9. The Morgan fingerprint density at radius 3 is 2.63 bits per heavy atom. The number of hydrogen-bond acceptors (Lipinski definition) is 3. The fourth-order valence-corrected chi connectivity index (χ4v) is 3.63. The van der Waals surface area contributed by atoms with Crippen LogP contribution in [-0.2, 0) is 19.8 Å². The molecule has 2 aromatic carbocycles. The third-order valence-corrected chi connectivity index (χ3v) is 5.34. The van der Waals surface area contributed by atoms with Crippen molar-refractivity contribution in [2.75, 3.05) is 22.1 Å². The first-order valence-electron chi connectivity index (χ1n) is 8.98. The van der Waals surface area contributed by atoms with Crippen molar-refractivity contribution in [3.05, 3.63) is 54.1 Å². The average Bonchev–Trinajstić information content (AvgIpc) is 3.14. The van der Waals surface area contributed by atoms with E-state index in [0.717, 1.165) is 16.9 Å². The zero-order chi connectivity index (χ0) is 19.2. The number of rotatable bonds is 3. The topological polar surface area (TPSA) is 78.5 Å². The normalized spacial score (nSPS) is 20.4. The fourth-order valence-electron chi connectivity index (χ4n) is 3.63. The lowest BCUT2D eigenvalue weighted by Gasteiger charge is -2.18. The summed E-state index contributed by atoms with van der Waals surface area (Å²) >= 11 is 0. The lowest BCUT2D eigenvalue weighted by atomic mass is 9.86. The van der Waals surface area contributed by atoms with Crippen LogP contribution in [-0.4, -0.2) is 24.3 Å². The van der Waals surface area contributed by atoms with Crippen LogP contribution < -0.4 is 15.5 Å². The number of nitrogens with zero attached hydrogens (tertiary/aromatic N) is 1. The average molecular weight is 363 g/mol. The van der Waals surface area contributed by atoms with Crippen molar-refractivity contribution in [2.45, 2.75) is 25.7 Å². The number of carbonyl (C=O) groups is 3. The van der Waals surface area contributed by atoms with Crippen molar-refractivity contribution in [3.63, 3.8) is 0 Å². The number of nitrogens with one attached hydrogen (secondary N) is 2. The van der Waals surface area contributed by atoms with Crippen molar-refractivity contribution in [1.82, 2.24) is 0 Å². The van der Waals surface area contributed by atoms with E-state index in [1.807, 2.05) is 50.2 Å². The number of para-hydroxylation sites is 1. The summed E-state index contributed by atoms with van der Waals surface area (Å²) in [4.78, 5) is 38.7. The molecular formula is C21H21N3O3. The van der Waals surface area contributed by atoms with E-state index in [9.17, 15) is 14.4 Å². The molecule has 2 aliphatic rings. The summed E-state index contributed by atoms with van der Waals surface area (Å²) in [5.74, 6) is -0.692. The Kier molecular flexibility index (Phi) is 3.98. The second-order valence-corrected chi connectivity index (χ2v) is 7.57. The molecule has 2 aliphatic heterocycles. The Bertz CT molecular complexity index is 937. The summed E-state index contributed by atoms with van der Waals surface area (Å²) in [6.07, 6.45) is 0.192. The van der Waals surface area contributed by atoms with Gasteiger partial charge >= 0.3 is 0 Å². The molecule has 0 bridgehead atoms. The third kappa shape index (κ3) is 2.97. The molecule has 4 rings (SSSR count). The van der Waals surface area contributed by atoms with Crippen LogP contribution in [0.5, 0.6) is 0 Å². The van der Waals surface area contributed by atoms with Gasteiger partial charge in [0.25, 0.3) is 0 Å². The molecule has 0 aromatic heterocycles. The number of benzene rings is 2. The highest BCUT2D eigenvalue weighted by atomic mass is 16.2. The molecule has 0 saturated carbocycles. The van der Waals surface area contributed by atoms with Crippen LogP contribution in [0.25, 0.3) is 0 Å². The highest BCUT2D eigenvalue weighted by molar-refractivity contribution is 6.07. The molecule has 1 fully saturated rings. The third-order valence-electron chi connectivity index (χ3n) is 5.34. The summed E-state index contributed by atoms with van der Waals surface area (Å²) in [7, 11) is 0. The lowest BCUT2D eigenvalue weighted by Crippen LogP contribution is -2.28. The van der Waals surface area contributed by atoms with Gasteiger partial charge in [0, 0.05) is 30.0 Å². The monoisotopic (exact) mass is 363 g/mol. The molecule has 3 amide bonds. The number of anilines is 3. The van der Waals surface area contributed by atoms with Crippen molar-refractivity contribution in [3.8, 4) is 0 Å². The molecule has 138 valence electrons. The molecule has 1 saturated heterocycles. The standard InChI is InChI=1S/C21H21N3O3/c1-21(2)16-11-14(8-9-17(16)23-20(21)27)22-19(26)13-10-18(25)24(12-13)15-6-4-3-5-7-15/h3-9,11,13H,10,12H2,1-2H3,(H,22,26)(H,23,27). The van der Waals surface area contributed by atoms with Crippen molar-refractivity contribution in [2.24, 2.45) is 5.92 Å². The highest BCUT2D eigenvalue weighted by Crippen LogP contribution is 2.38. The van der Waals surface area contributed by atoms with Gasteiger partial charge in [-0.3, -0.25) is 14.4 Å². The molecular weight excluding hydrogens is 342 g/mol. The van der Waals surface area contributed by atoms with Gasteiger partial charge in [0.2, 0.25) is 17.7 Å². The van der Waals surface area contributed by atoms with Crippen LogP contribution in [0.2, 0.25) is 0 Å². The molecule has 1 unspecified atom stereocenters. The molecule has 1 atom stereocenters. The Morgan fingerprint density at radius 2 is 1.89 bits per heavy atom. The molecule has 2 aromatic rings. The SMILES string of the molecule is CC1(C)C(=O)Nc2ccc(NC(=O)C3CC(=O)N(c4ccccc4)C3)cc21. The van der Waals surface area contributed by atoms with E-state index in [1.165, 1.54) is 0 Å². The number of hydrogen-bond donors (Lipinski definition) is 2. The summed E-state index contributed by atoms with van der Waals surface area (Å²) < 4.78 is 0. The number of amides is 3. The predicted molar refractivity (Wildman–Crippen MR) is 104 cm³/mol. The van der Waals surface area contributed by atoms with E-state index >= 15 is 0 Å². The van der Waals surface area contributed by atoms with Crippen LogP contribution in [0.15, 0.2) is 48.5 Å². The first kappa shape index (κ1) is 17.3. The lowest BCUT2D eigenvalue weighted by molar-refractivity contribution is -0.122. The molecule has 0 aliphatic carbocycles. The summed E-state index contributed by atoms with van der Waals surface area (Å²) in [5, 5.41) is 5.75. The van der Waals surface area contributed by atoms with Crippen molar-refractivity contribution >= 4 is 34.8 Å². The van der Waals surface area contributed by atoms with E-state index in [-0.39, 0.29) is 24.1 Å². The van der Waals surface area contributed by atoms with Gasteiger partial charge in [-0.2, -0.15) is 0 Å². The van der Waals surface area contributed by atoms with Gasteiger partial charge in [0.15, 0.2) is 0 Å². The molecule has 6 heteroatoms. The van der Waals surface area contributed by atoms with E-state index in [0.29, 0.717) is 12.2 Å². The van der Waals surface area contributed by atoms with Gasteiger partial charge in [-0.1, -0.05) is 18.2 Å². The van der Waals surface area contributed by atoms with Crippen molar-refractivity contribution in [1.29, 1.82) is 0 Å².